The van der Waals surface area contributed by atoms with Gasteiger partial charge in [0.15, 0.2) is 0 Å². The molecule has 2 N–H and O–H groups in total. The van der Waals surface area contributed by atoms with Gasteiger partial charge in [-0.25, -0.2) is 4.39 Å². The van der Waals surface area contributed by atoms with E-state index < -0.39 is 0 Å². The van der Waals surface area contributed by atoms with Crippen molar-refractivity contribution in [1.29, 1.82) is 0 Å². The van der Waals surface area contributed by atoms with Gasteiger partial charge < -0.3 is 15.2 Å². The molecule has 0 amide bonds. The molecule has 0 saturated carbocycles. The number of ether oxygens (including phenoxy) is 1. The Hall–Kier alpha value is -1.14. The van der Waals surface area contributed by atoms with Crippen LogP contribution in [-0.4, -0.2) is 17.8 Å². The molecule has 0 radical (unpaired) electrons. The van der Waals surface area contributed by atoms with Crippen LogP contribution in [0.5, 0.6) is 5.75 Å². The summed E-state index contributed by atoms with van der Waals surface area (Å²) in [6.07, 6.45) is 0.825. The van der Waals surface area contributed by atoms with E-state index in [4.69, 9.17) is 16.3 Å². The topological polar surface area (TPSA) is 41.5 Å². The van der Waals surface area contributed by atoms with Crippen molar-refractivity contribution in [3.8, 4) is 5.75 Å². The molecule has 0 spiro atoms. The number of rotatable bonds is 8. The van der Waals surface area contributed by atoms with Crippen LogP contribution in [0.15, 0.2) is 40.9 Å². The lowest BCUT2D eigenvalue weighted by Gasteiger charge is -2.17. The Bertz CT molecular complexity index is 660. The van der Waals surface area contributed by atoms with Gasteiger partial charge in [-0.05, 0) is 36.8 Å². The van der Waals surface area contributed by atoms with Crippen LogP contribution in [0.4, 0.5) is 4.39 Å². The number of halogens is 3. The van der Waals surface area contributed by atoms with Crippen molar-refractivity contribution in [3.05, 3.63) is 62.8 Å². The number of hydrogen-bond acceptors (Lipinski definition) is 3. The Kier molecular flexibility index (Phi) is 7.49. The van der Waals surface area contributed by atoms with E-state index in [0.717, 1.165) is 16.5 Å². The fraction of sp³-hybridized carbons (Fsp3) is 0.333. The molecule has 0 aliphatic rings. The van der Waals surface area contributed by atoms with E-state index in [0.29, 0.717) is 22.9 Å². The Morgan fingerprint density at radius 3 is 2.79 bits per heavy atom. The van der Waals surface area contributed by atoms with Crippen molar-refractivity contribution in [2.24, 2.45) is 0 Å². The van der Waals surface area contributed by atoms with Crippen LogP contribution in [0.1, 0.15) is 24.5 Å². The normalized spacial score (nSPS) is 12.2. The van der Waals surface area contributed by atoms with Crippen LogP contribution in [0.2, 0.25) is 5.02 Å². The van der Waals surface area contributed by atoms with E-state index in [1.54, 1.807) is 12.1 Å². The van der Waals surface area contributed by atoms with Crippen molar-refractivity contribution in [3.63, 3.8) is 0 Å². The summed E-state index contributed by atoms with van der Waals surface area (Å²) in [6.45, 7) is 2.67. The first-order valence-electron chi connectivity index (χ1n) is 7.73. The van der Waals surface area contributed by atoms with Gasteiger partial charge in [0.05, 0.1) is 11.6 Å². The third-order valence-electron chi connectivity index (χ3n) is 3.75. The zero-order valence-electron chi connectivity index (χ0n) is 13.4. The van der Waals surface area contributed by atoms with Crippen molar-refractivity contribution < 1.29 is 14.2 Å². The maximum Gasteiger partial charge on any atom is 0.131 e. The molecule has 0 heterocycles. The standard InChI is InChI=1S/C18H20BrClFNO2/c1-2-14(10-23)22-9-12-8-13(19)6-7-18(12)24-11-15-16(20)4-3-5-17(15)21/h3-8,14,22-23H,2,9-11H2,1H3/t14-/m1/s1. The lowest BCUT2D eigenvalue weighted by Crippen LogP contribution is -2.31. The van der Waals surface area contributed by atoms with Gasteiger partial charge in [-0.1, -0.05) is 40.5 Å². The fourth-order valence-electron chi connectivity index (χ4n) is 2.24. The van der Waals surface area contributed by atoms with Gasteiger partial charge in [0.1, 0.15) is 18.2 Å². The van der Waals surface area contributed by atoms with Crippen molar-refractivity contribution >= 4 is 27.5 Å². The van der Waals surface area contributed by atoms with E-state index >= 15 is 0 Å². The number of aliphatic hydroxyl groups excluding tert-OH is 1. The largest absolute Gasteiger partial charge is 0.488 e. The predicted molar refractivity (Wildman–Crippen MR) is 97.9 cm³/mol. The molecule has 0 bridgehead atoms. The average molecular weight is 417 g/mol. The summed E-state index contributed by atoms with van der Waals surface area (Å²) >= 11 is 9.48. The number of hydrogen-bond donors (Lipinski definition) is 2. The molecule has 24 heavy (non-hydrogen) atoms. The molecule has 2 rings (SSSR count). The van der Waals surface area contributed by atoms with E-state index in [2.05, 4.69) is 21.2 Å². The highest BCUT2D eigenvalue weighted by Gasteiger charge is 2.11. The average Bonchev–Trinajstić information content (AvgIpc) is 2.57. The second-order valence-electron chi connectivity index (χ2n) is 5.41. The maximum atomic E-state index is 13.9. The van der Waals surface area contributed by atoms with E-state index in [1.807, 2.05) is 25.1 Å². The third-order valence-corrected chi connectivity index (χ3v) is 4.60. The van der Waals surface area contributed by atoms with E-state index in [1.165, 1.54) is 6.07 Å². The fourth-order valence-corrected chi connectivity index (χ4v) is 2.87. The molecular formula is C18H20BrClFNO2. The lowest BCUT2D eigenvalue weighted by atomic mass is 10.1. The molecule has 0 aliphatic heterocycles. The number of benzene rings is 2. The first kappa shape index (κ1) is 19.2. The zero-order valence-corrected chi connectivity index (χ0v) is 15.7. The Morgan fingerprint density at radius 2 is 2.12 bits per heavy atom. The predicted octanol–water partition coefficient (Wildman–Crippen LogP) is 4.68. The van der Waals surface area contributed by atoms with E-state index in [9.17, 15) is 9.50 Å². The SMILES string of the molecule is CC[C@H](CO)NCc1cc(Br)ccc1OCc1c(F)cccc1Cl. The molecule has 0 fully saturated rings. The first-order valence-corrected chi connectivity index (χ1v) is 8.90. The molecule has 2 aromatic rings. The minimum atomic E-state index is -0.384. The molecule has 0 saturated heterocycles. The van der Waals surface area contributed by atoms with Crippen LogP contribution in [0.25, 0.3) is 0 Å². The molecule has 2 aromatic carbocycles. The van der Waals surface area contributed by atoms with Gasteiger partial charge in [-0.2, -0.15) is 0 Å². The van der Waals surface area contributed by atoms with E-state index in [-0.39, 0.29) is 25.1 Å². The van der Waals surface area contributed by atoms with Crippen molar-refractivity contribution in [2.75, 3.05) is 6.61 Å². The smallest absolute Gasteiger partial charge is 0.131 e. The minimum Gasteiger partial charge on any atom is -0.488 e. The van der Waals surface area contributed by atoms with Gasteiger partial charge in [-0.3, -0.25) is 0 Å². The summed E-state index contributed by atoms with van der Waals surface area (Å²) in [6, 6.07) is 10.2. The molecule has 0 unspecified atom stereocenters. The molecule has 1 atom stereocenters. The van der Waals surface area contributed by atoms with Crippen LogP contribution < -0.4 is 10.1 Å². The Labute approximate surface area is 154 Å². The first-order chi connectivity index (χ1) is 11.5. The van der Waals surface area contributed by atoms with Gasteiger partial charge in [-0.15, -0.1) is 0 Å². The zero-order chi connectivity index (χ0) is 17.5. The molecule has 0 aromatic heterocycles. The quantitative estimate of drug-likeness (QED) is 0.656. The number of nitrogens with one attached hydrogen (secondary N) is 1. The monoisotopic (exact) mass is 415 g/mol. The second kappa shape index (κ2) is 9.37. The van der Waals surface area contributed by atoms with Gasteiger partial charge in [0, 0.05) is 28.2 Å². The Balaban J connectivity index is 2.12. The molecule has 6 heteroatoms. The maximum absolute atomic E-state index is 13.9. The lowest BCUT2D eigenvalue weighted by molar-refractivity contribution is 0.237. The summed E-state index contributed by atoms with van der Waals surface area (Å²) in [5.41, 5.74) is 1.26. The summed E-state index contributed by atoms with van der Waals surface area (Å²) in [5.74, 6) is 0.267. The van der Waals surface area contributed by atoms with Crippen LogP contribution in [0.3, 0.4) is 0 Å². The highest BCUT2D eigenvalue weighted by molar-refractivity contribution is 9.10. The summed E-state index contributed by atoms with van der Waals surface area (Å²) in [5, 5.41) is 12.9. The molecule has 0 aliphatic carbocycles. The van der Waals surface area contributed by atoms with Gasteiger partial charge in [0.2, 0.25) is 0 Å². The molecule has 130 valence electrons. The molecular weight excluding hydrogens is 397 g/mol. The number of aliphatic hydroxyl groups is 1. The van der Waals surface area contributed by atoms with Crippen LogP contribution in [0, 0.1) is 5.82 Å². The van der Waals surface area contributed by atoms with Gasteiger partial charge in [0.25, 0.3) is 0 Å². The van der Waals surface area contributed by atoms with Crippen molar-refractivity contribution in [1.82, 2.24) is 5.32 Å². The second-order valence-corrected chi connectivity index (χ2v) is 6.73. The third kappa shape index (κ3) is 5.18. The highest BCUT2D eigenvalue weighted by atomic mass is 79.9. The highest BCUT2D eigenvalue weighted by Crippen LogP contribution is 2.26. The van der Waals surface area contributed by atoms with Crippen LogP contribution in [-0.2, 0) is 13.2 Å². The van der Waals surface area contributed by atoms with Crippen molar-refractivity contribution in [2.45, 2.75) is 32.5 Å². The summed E-state index contributed by atoms with van der Waals surface area (Å²) in [4.78, 5) is 0. The minimum absolute atomic E-state index is 0.0258. The summed E-state index contributed by atoms with van der Waals surface area (Å²) < 4.78 is 20.6. The van der Waals surface area contributed by atoms with Crippen LogP contribution >= 0.6 is 27.5 Å². The molecule has 3 nitrogen and oxygen atoms in total. The Morgan fingerprint density at radius 1 is 1.33 bits per heavy atom. The summed E-state index contributed by atoms with van der Waals surface area (Å²) in [7, 11) is 0. The van der Waals surface area contributed by atoms with Gasteiger partial charge >= 0.3 is 0 Å².